The van der Waals surface area contributed by atoms with Crippen molar-refractivity contribution in [2.45, 2.75) is 12.1 Å². The van der Waals surface area contributed by atoms with Gasteiger partial charge in [0.15, 0.2) is 16.7 Å². The van der Waals surface area contributed by atoms with E-state index in [0.717, 1.165) is 17.8 Å². The molecule has 2 aromatic heterocycles. The Labute approximate surface area is 202 Å². The fraction of sp³-hybridized carbons (Fsp3) is 0.0833. The second-order valence-electron chi connectivity index (χ2n) is 7.20. The first-order valence-corrected chi connectivity index (χ1v) is 11.4. The van der Waals surface area contributed by atoms with E-state index in [1.165, 1.54) is 30.1 Å². The SMILES string of the molecule is CSc1ncc(C(=O)Nc2ccc(F)cc2F)c(Nc2ccc(Oc3ccnc(C)c3)c(F)c2)n1. The predicted octanol–water partition coefficient (Wildman–Crippen LogP) is 6.11. The molecule has 2 N–H and O–H groups in total. The zero-order chi connectivity index (χ0) is 24.9. The highest BCUT2D eigenvalue weighted by Gasteiger charge is 2.18. The molecule has 0 saturated carbocycles. The number of carbonyl (C=O) groups excluding carboxylic acids is 1. The van der Waals surface area contributed by atoms with Gasteiger partial charge in [-0.15, -0.1) is 0 Å². The van der Waals surface area contributed by atoms with Crippen LogP contribution in [-0.4, -0.2) is 27.1 Å². The highest BCUT2D eigenvalue weighted by atomic mass is 32.2. The summed E-state index contributed by atoms with van der Waals surface area (Å²) in [6.07, 6.45) is 4.57. The van der Waals surface area contributed by atoms with Crippen LogP contribution in [0, 0.1) is 24.4 Å². The smallest absolute Gasteiger partial charge is 0.261 e. The molecule has 35 heavy (non-hydrogen) atoms. The minimum Gasteiger partial charge on any atom is -0.454 e. The number of aromatic nitrogens is 3. The number of carbonyl (C=O) groups is 1. The third kappa shape index (κ3) is 5.87. The lowest BCUT2D eigenvalue weighted by Gasteiger charge is -2.13. The van der Waals surface area contributed by atoms with Crippen LogP contribution in [0.1, 0.15) is 16.1 Å². The van der Waals surface area contributed by atoms with Crippen molar-refractivity contribution in [2.75, 3.05) is 16.9 Å². The van der Waals surface area contributed by atoms with Crippen molar-refractivity contribution in [2.24, 2.45) is 0 Å². The summed E-state index contributed by atoms with van der Waals surface area (Å²) in [7, 11) is 0. The molecule has 2 heterocycles. The average Bonchev–Trinajstić information content (AvgIpc) is 2.82. The lowest BCUT2D eigenvalue weighted by atomic mass is 10.2. The van der Waals surface area contributed by atoms with Gasteiger partial charge < -0.3 is 15.4 Å². The maximum atomic E-state index is 14.7. The highest BCUT2D eigenvalue weighted by molar-refractivity contribution is 7.98. The van der Waals surface area contributed by atoms with Gasteiger partial charge in [-0.1, -0.05) is 11.8 Å². The molecular formula is C24H18F3N5O2S. The number of nitrogens with zero attached hydrogens (tertiary/aromatic N) is 3. The van der Waals surface area contributed by atoms with Crippen molar-refractivity contribution in [1.82, 2.24) is 15.0 Å². The molecule has 0 aliphatic heterocycles. The van der Waals surface area contributed by atoms with Gasteiger partial charge in [-0.05, 0) is 43.5 Å². The molecule has 0 aliphatic rings. The van der Waals surface area contributed by atoms with Crippen LogP contribution in [0.4, 0.5) is 30.4 Å². The molecule has 0 unspecified atom stereocenters. The zero-order valence-electron chi connectivity index (χ0n) is 18.5. The maximum absolute atomic E-state index is 14.7. The van der Waals surface area contributed by atoms with Gasteiger partial charge in [0.2, 0.25) is 0 Å². The fourth-order valence-electron chi connectivity index (χ4n) is 3.01. The summed E-state index contributed by atoms with van der Waals surface area (Å²) in [6, 6.07) is 10.2. The van der Waals surface area contributed by atoms with E-state index >= 15 is 0 Å². The van der Waals surface area contributed by atoms with E-state index in [1.807, 2.05) is 0 Å². The van der Waals surface area contributed by atoms with Gasteiger partial charge in [0.25, 0.3) is 5.91 Å². The van der Waals surface area contributed by atoms with Crippen molar-refractivity contribution >= 4 is 34.9 Å². The van der Waals surface area contributed by atoms with Crippen LogP contribution in [0.5, 0.6) is 11.5 Å². The number of benzene rings is 2. The van der Waals surface area contributed by atoms with E-state index in [1.54, 1.807) is 37.6 Å². The number of thioether (sulfide) groups is 1. The van der Waals surface area contributed by atoms with Crippen LogP contribution >= 0.6 is 11.8 Å². The summed E-state index contributed by atoms with van der Waals surface area (Å²) in [5.41, 5.74) is 0.768. The Hall–Kier alpha value is -4.12. The van der Waals surface area contributed by atoms with E-state index in [0.29, 0.717) is 17.0 Å². The number of aryl methyl sites for hydroxylation is 1. The minimum atomic E-state index is -0.934. The lowest BCUT2D eigenvalue weighted by Crippen LogP contribution is -2.16. The van der Waals surface area contributed by atoms with Crippen LogP contribution in [-0.2, 0) is 0 Å². The van der Waals surface area contributed by atoms with Crippen LogP contribution in [0.2, 0.25) is 0 Å². The molecule has 0 bridgehead atoms. The van der Waals surface area contributed by atoms with Crippen molar-refractivity contribution in [3.05, 3.63) is 89.6 Å². The molecule has 7 nitrogen and oxygen atoms in total. The molecule has 11 heteroatoms. The summed E-state index contributed by atoms with van der Waals surface area (Å²) in [4.78, 5) is 25.2. The maximum Gasteiger partial charge on any atom is 0.261 e. The number of pyridine rings is 1. The first-order chi connectivity index (χ1) is 16.8. The fourth-order valence-corrected chi connectivity index (χ4v) is 3.35. The summed E-state index contributed by atoms with van der Waals surface area (Å²) in [5, 5.41) is 5.61. The molecule has 0 spiro atoms. The van der Waals surface area contributed by atoms with Gasteiger partial charge >= 0.3 is 0 Å². The molecule has 4 aromatic rings. The molecule has 0 radical (unpaired) electrons. The Morgan fingerprint density at radius 1 is 1.00 bits per heavy atom. The third-order valence-corrected chi connectivity index (χ3v) is 5.23. The van der Waals surface area contributed by atoms with Crippen molar-refractivity contribution in [1.29, 1.82) is 0 Å². The lowest BCUT2D eigenvalue weighted by molar-refractivity contribution is 0.102. The van der Waals surface area contributed by atoms with Crippen molar-refractivity contribution in [3.8, 4) is 11.5 Å². The third-order valence-electron chi connectivity index (χ3n) is 4.66. The first-order valence-electron chi connectivity index (χ1n) is 10.2. The Kier molecular flexibility index (Phi) is 7.16. The molecular weight excluding hydrogens is 479 g/mol. The Morgan fingerprint density at radius 3 is 2.54 bits per heavy atom. The Morgan fingerprint density at radius 2 is 1.83 bits per heavy atom. The van der Waals surface area contributed by atoms with Crippen molar-refractivity contribution < 1.29 is 22.7 Å². The predicted molar refractivity (Wildman–Crippen MR) is 127 cm³/mol. The summed E-state index contributed by atoms with van der Waals surface area (Å²) in [5.74, 6) is -2.59. The van der Waals surface area contributed by atoms with E-state index < -0.39 is 23.4 Å². The minimum absolute atomic E-state index is 0.00149. The van der Waals surface area contributed by atoms with E-state index in [4.69, 9.17) is 4.74 Å². The summed E-state index contributed by atoms with van der Waals surface area (Å²) >= 11 is 1.24. The molecule has 1 amide bonds. The number of anilines is 3. The van der Waals surface area contributed by atoms with Gasteiger partial charge in [-0.25, -0.2) is 23.1 Å². The molecule has 0 saturated heterocycles. The largest absolute Gasteiger partial charge is 0.454 e. The second-order valence-corrected chi connectivity index (χ2v) is 7.98. The summed E-state index contributed by atoms with van der Waals surface area (Å²) in [6.45, 7) is 1.79. The van der Waals surface area contributed by atoms with E-state index in [9.17, 15) is 18.0 Å². The Bertz CT molecular complexity index is 1400. The number of amides is 1. The van der Waals surface area contributed by atoms with Gasteiger partial charge in [0.1, 0.15) is 28.8 Å². The van der Waals surface area contributed by atoms with Crippen molar-refractivity contribution in [3.63, 3.8) is 0 Å². The summed E-state index contributed by atoms with van der Waals surface area (Å²) < 4.78 is 47.5. The standard InChI is InChI=1S/C24H18F3N5O2S/c1-13-9-16(7-8-28-13)34-21-6-4-15(11-19(21)27)30-22-17(12-29-24(32-22)35-2)23(33)31-20-5-3-14(25)10-18(20)26/h3-12H,1-2H3,(H,31,33)(H,29,30,32). The monoisotopic (exact) mass is 497 g/mol. The van der Waals surface area contributed by atoms with Gasteiger partial charge in [0.05, 0.1) is 5.69 Å². The average molecular weight is 498 g/mol. The first kappa shape index (κ1) is 24.0. The molecule has 4 rings (SSSR count). The van der Waals surface area contributed by atoms with Crippen LogP contribution in [0.25, 0.3) is 0 Å². The number of hydrogen-bond donors (Lipinski definition) is 2. The van der Waals surface area contributed by atoms with Crippen LogP contribution < -0.4 is 15.4 Å². The topological polar surface area (TPSA) is 89.0 Å². The molecule has 2 aromatic carbocycles. The zero-order valence-corrected chi connectivity index (χ0v) is 19.3. The number of hydrogen-bond acceptors (Lipinski definition) is 7. The normalized spacial score (nSPS) is 10.7. The molecule has 0 aliphatic carbocycles. The molecule has 0 atom stereocenters. The second kappa shape index (κ2) is 10.4. The number of ether oxygens (including phenoxy) is 1. The number of rotatable bonds is 7. The highest BCUT2D eigenvalue weighted by Crippen LogP contribution is 2.29. The molecule has 178 valence electrons. The number of nitrogens with one attached hydrogen (secondary N) is 2. The van der Waals surface area contributed by atoms with Crippen LogP contribution in [0.15, 0.2) is 66.1 Å². The quantitative estimate of drug-likeness (QED) is 0.235. The van der Waals surface area contributed by atoms with E-state index in [-0.39, 0.29) is 28.5 Å². The number of halogens is 3. The van der Waals surface area contributed by atoms with Gasteiger partial charge in [0, 0.05) is 42.0 Å². The van der Waals surface area contributed by atoms with Gasteiger partial charge in [-0.3, -0.25) is 9.78 Å². The van der Waals surface area contributed by atoms with Gasteiger partial charge in [-0.2, -0.15) is 0 Å². The van der Waals surface area contributed by atoms with E-state index in [2.05, 4.69) is 25.6 Å². The Balaban J connectivity index is 1.58. The molecule has 0 fully saturated rings. The van der Waals surface area contributed by atoms with Crippen LogP contribution in [0.3, 0.4) is 0 Å².